The van der Waals surface area contributed by atoms with E-state index < -0.39 is 5.97 Å². The van der Waals surface area contributed by atoms with Crippen molar-refractivity contribution in [3.63, 3.8) is 0 Å². The van der Waals surface area contributed by atoms with Crippen LogP contribution in [0.4, 0.5) is 0 Å². The lowest BCUT2D eigenvalue weighted by atomic mass is 10.1. The van der Waals surface area contributed by atoms with E-state index in [1.54, 1.807) is 6.92 Å². The number of nitrogens with zero attached hydrogens (tertiary/aromatic N) is 1. The van der Waals surface area contributed by atoms with Crippen molar-refractivity contribution in [1.82, 2.24) is 4.98 Å². The number of aromatic nitrogens is 1. The van der Waals surface area contributed by atoms with Gasteiger partial charge in [0.15, 0.2) is 0 Å². The number of aryl methyl sites for hydroxylation is 1. The maximum absolute atomic E-state index is 10.9. The third kappa shape index (κ3) is 3.17. The van der Waals surface area contributed by atoms with Gasteiger partial charge in [-0.05, 0) is 13.0 Å². The van der Waals surface area contributed by atoms with Crippen molar-refractivity contribution in [2.45, 2.75) is 25.9 Å². The molecule has 1 fully saturated rings. The zero-order valence-corrected chi connectivity index (χ0v) is 9.68. The summed E-state index contributed by atoms with van der Waals surface area (Å²) in [5.41, 5.74) is 0.853. The van der Waals surface area contributed by atoms with Gasteiger partial charge in [-0.15, -0.1) is 0 Å². The van der Waals surface area contributed by atoms with Gasteiger partial charge in [0.25, 0.3) is 0 Å². The summed E-state index contributed by atoms with van der Waals surface area (Å²) in [5.74, 6) is -0.582. The van der Waals surface area contributed by atoms with Crippen LogP contribution < -0.4 is 4.74 Å². The molecule has 0 atom stereocenters. The predicted octanol–water partition coefficient (Wildman–Crippen LogP) is 1.65. The molecular weight excluding hydrogens is 222 g/mol. The lowest BCUT2D eigenvalue weighted by Gasteiger charge is -2.22. The van der Waals surface area contributed by atoms with E-state index >= 15 is 0 Å². The van der Waals surface area contributed by atoms with Gasteiger partial charge < -0.3 is 14.6 Å². The molecule has 0 radical (unpaired) electrons. The number of carboxylic acid groups (broad SMARTS) is 1. The van der Waals surface area contributed by atoms with Crippen LogP contribution in [0.1, 0.15) is 28.9 Å². The SMILES string of the molecule is Cc1cc(C(=O)O)cc(OC2CCOCC2)n1. The Hall–Kier alpha value is -1.62. The molecule has 0 amide bonds. The number of pyridine rings is 1. The average Bonchev–Trinajstić information content (AvgIpc) is 2.29. The Bertz CT molecular complexity index is 413. The van der Waals surface area contributed by atoms with E-state index in [0.717, 1.165) is 12.8 Å². The minimum Gasteiger partial charge on any atom is -0.478 e. The topological polar surface area (TPSA) is 68.7 Å². The van der Waals surface area contributed by atoms with Gasteiger partial charge in [-0.3, -0.25) is 0 Å². The van der Waals surface area contributed by atoms with Crippen molar-refractivity contribution in [2.75, 3.05) is 13.2 Å². The summed E-state index contributed by atoms with van der Waals surface area (Å²) in [6, 6.07) is 2.99. The Morgan fingerprint density at radius 2 is 2.18 bits per heavy atom. The van der Waals surface area contributed by atoms with E-state index in [-0.39, 0.29) is 11.7 Å². The third-order valence-electron chi connectivity index (χ3n) is 2.63. The van der Waals surface area contributed by atoms with Crippen LogP contribution in [-0.4, -0.2) is 35.4 Å². The molecule has 2 rings (SSSR count). The molecule has 0 aromatic carbocycles. The molecule has 5 nitrogen and oxygen atoms in total. The summed E-state index contributed by atoms with van der Waals surface area (Å²) in [4.78, 5) is 15.1. The molecule has 1 saturated heterocycles. The monoisotopic (exact) mass is 237 g/mol. The molecular formula is C12H15NO4. The van der Waals surface area contributed by atoms with E-state index in [9.17, 15) is 4.79 Å². The van der Waals surface area contributed by atoms with Gasteiger partial charge in [-0.1, -0.05) is 0 Å². The van der Waals surface area contributed by atoms with Crippen LogP contribution in [0.25, 0.3) is 0 Å². The number of ether oxygens (including phenoxy) is 2. The smallest absolute Gasteiger partial charge is 0.335 e. The maximum Gasteiger partial charge on any atom is 0.335 e. The number of carbonyl (C=O) groups is 1. The molecule has 17 heavy (non-hydrogen) atoms. The van der Waals surface area contributed by atoms with Gasteiger partial charge in [0.1, 0.15) is 6.10 Å². The zero-order valence-electron chi connectivity index (χ0n) is 9.68. The first-order chi connectivity index (χ1) is 8.15. The predicted molar refractivity (Wildman–Crippen MR) is 60.4 cm³/mol. The van der Waals surface area contributed by atoms with E-state index in [0.29, 0.717) is 24.8 Å². The molecule has 5 heteroatoms. The Morgan fingerprint density at radius 3 is 2.82 bits per heavy atom. The fourth-order valence-electron chi connectivity index (χ4n) is 1.79. The van der Waals surface area contributed by atoms with E-state index in [1.165, 1.54) is 12.1 Å². The zero-order chi connectivity index (χ0) is 12.3. The van der Waals surface area contributed by atoms with Crippen molar-refractivity contribution in [2.24, 2.45) is 0 Å². The van der Waals surface area contributed by atoms with Crippen LogP contribution >= 0.6 is 0 Å². The molecule has 1 N–H and O–H groups in total. The van der Waals surface area contributed by atoms with Gasteiger partial charge >= 0.3 is 5.97 Å². The maximum atomic E-state index is 10.9. The first-order valence-electron chi connectivity index (χ1n) is 5.61. The number of rotatable bonds is 3. The van der Waals surface area contributed by atoms with Crippen molar-refractivity contribution < 1.29 is 19.4 Å². The largest absolute Gasteiger partial charge is 0.478 e. The average molecular weight is 237 g/mol. The van der Waals surface area contributed by atoms with Crippen molar-refractivity contribution >= 4 is 5.97 Å². The summed E-state index contributed by atoms with van der Waals surface area (Å²) in [6.45, 7) is 3.12. The second-order valence-corrected chi connectivity index (χ2v) is 4.07. The highest BCUT2D eigenvalue weighted by Crippen LogP contribution is 2.18. The summed E-state index contributed by atoms with van der Waals surface area (Å²) in [6.07, 6.45) is 1.70. The molecule has 1 aliphatic heterocycles. The third-order valence-corrected chi connectivity index (χ3v) is 2.63. The lowest BCUT2D eigenvalue weighted by molar-refractivity contribution is 0.0235. The molecule has 0 aliphatic carbocycles. The second kappa shape index (κ2) is 5.14. The standard InChI is InChI=1S/C12H15NO4/c1-8-6-9(12(14)15)7-11(13-8)17-10-2-4-16-5-3-10/h6-7,10H,2-5H2,1H3,(H,14,15). The first-order valence-corrected chi connectivity index (χ1v) is 5.61. The fraction of sp³-hybridized carbons (Fsp3) is 0.500. The number of hydrogen-bond donors (Lipinski definition) is 1. The number of aromatic carboxylic acids is 1. The fourth-order valence-corrected chi connectivity index (χ4v) is 1.79. The highest BCUT2D eigenvalue weighted by atomic mass is 16.5. The van der Waals surface area contributed by atoms with Gasteiger partial charge in [0.2, 0.25) is 5.88 Å². The van der Waals surface area contributed by atoms with E-state index in [4.69, 9.17) is 14.6 Å². The van der Waals surface area contributed by atoms with Crippen molar-refractivity contribution in [3.8, 4) is 5.88 Å². The summed E-state index contributed by atoms with van der Waals surface area (Å²) in [7, 11) is 0. The molecule has 1 aromatic rings. The summed E-state index contributed by atoms with van der Waals surface area (Å²) in [5, 5.41) is 8.94. The minimum atomic E-state index is -0.965. The second-order valence-electron chi connectivity index (χ2n) is 4.07. The highest BCUT2D eigenvalue weighted by Gasteiger charge is 2.17. The van der Waals surface area contributed by atoms with Gasteiger partial charge in [0.05, 0.1) is 18.8 Å². The molecule has 2 heterocycles. The van der Waals surface area contributed by atoms with Crippen LogP contribution in [0.15, 0.2) is 12.1 Å². The Morgan fingerprint density at radius 1 is 1.47 bits per heavy atom. The van der Waals surface area contributed by atoms with E-state index in [1.807, 2.05) is 0 Å². The van der Waals surface area contributed by atoms with Gasteiger partial charge in [0, 0.05) is 24.6 Å². The van der Waals surface area contributed by atoms with Gasteiger partial charge in [-0.2, -0.15) is 0 Å². The Kier molecular flexibility index (Phi) is 3.58. The van der Waals surface area contributed by atoms with Crippen LogP contribution in [-0.2, 0) is 4.74 Å². The highest BCUT2D eigenvalue weighted by molar-refractivity contribution is 5.87. The van der Waals surface area contributed by atoms with Crippen LogP contribution in [0.3, 0.4) is 0 Å². The van der Waals surface area contributed by atoms with Crippen molar-refractivity contribution in [1.29, 1.82) is 0 Å². The summed E-state index contributed by atoms with van der Waals surface area (Å²) < 4.78 is 10.9. The lowest BCUT2D eigenvalue weighted by Crippen LogP contribution is -2.26. The number of hydrogen-bond acceptors (Lipinski definition) is 4. The van der Waals surface area contributed by atoms with Gasteiger partial charge in [-0.25, -0.2) is 9.78 Å². The normalized spacial score (nSPS) is 16.8. The van der Waals surface area contributed by atoms with Crippen LogP contribution in [0.2, 0.25) is 0 Å². The summed E-state index contributed by atoms with van der Waals surface area (Å²) >= 11 is 0. The number of carboxylic acids is 1. The molecule has 92 valence electrons. The molecule has 0 spiro atoms. The first kappa shape index (κ1) is 11.9. The quantitative estimate of drug-likeness (QED) is 0.865. The van der Waals surface area contributed by atoms with Crippen LogP contribution in [0, 0.1) is 6.92 Å². The Balaban J connectivity index is 2.11. The Labute approximate surface area is 99.4 Å². The molecule has 0 bridgehead atoms. The molecule has 0 saturated carbocycles. The minimum absolute atomic E-state index is 0.0692. The van der Waals surface area contributed by atoms with E-state index in [2.05, 4.69) is 4.98 Å². The molecule has 0 unspecified atom stereocenters. The van der Waals surface area contributed by atoms with Crippen molar-refractivity contribution in [3.05, 3.63) is 23.4 Å². The molecule has 1 aromatic heterocycles. The van der Waals surface area contributed by atoms with Crippen LogP contribution in [0.5, 0.6) is 5.88 Å². The molecule has 1 aliphatic rings.